The largest absolute Gasteiger partial charge is 0.481 e. The number of carboxylic acids is 1. The summed E-state index contributed by atoms with van der Waals surface area (Å²) < 4.78 is 26.7. The molecule has 0 radical (unpaired) electrons. The summed E-state index contributed by atoms with van der Waals surface area (Å²) in [6.45, 7) is 4.77. The van der Waals surface area contributed by atoms with Crippen LogP contribution in [0.4, 0.5) is 8.78 Å². The number of carbonyl (C=O) groups excluding carboxylic acids is 1. The molecule has 1 saturated carbocycles. The van der Waals surface area contributed by atoms with Crippen LogP contribution in [-0.2, 0) is 10.2 Å². The Balaban J connectivity index is 2.11. The molecule has 0 heterocycles. The van der Waals surface area contributed by atoms with Gasteiger partial charge in [-0.2, -0.15) is 0 Å². The fraction of sp³-hybridized carbons (Fsp3) is 0.529. The van der Waals surface area contributed by atoms with Crippen molar-refractivity contribution < 1.29 is 23.5 Å². The van der Waals surface area contributed by atoms with Crippen molar-refractivity contribution in [1.29, 1.82) is 0 Å². The molecule has 1 unspecified atom stereocenters. The molecule has 1 fully saturated rings. The number of halogens is 2. The number of amides is 1. The molecule has 1 aliphatic rings. The molecule has 0 saturated heterocycles. The van der Waals surface area contributed by atoms with Crippen molar-refractivity contribution >= 4 is 11.9 Å². The summed E-state index contributed by atoms with van der Waals surface area (Å²) in [5, 5.41) is 11.9. The van der Waals surface area contributed by atoms with Gasteiger partial charge in [0.25, 0.3) is 11.8 Å². The summed E-state index contributed by atoms with van der Waals surface area (Å²) in [6, 6.07) is 6.20. The third-order valence-corrected chi connectivity index (χ3v) is 4.51. The standard InChI is InChI=1S/C17H21F2NO3/c1-15(2,14(22)23)12-6-4-11(5-7-12)13(21)20-16(3)8-9-17(18,19)10-16/h4-7H,8-10H2,1-3H3,(H,20,21)(H,22,23). The number of benzene rings is 1. The van der Waals surface area contributed by atoms with E-state index in [1.54, 1.807) is 32.9 Å². The number of carboxylic acid groups (broad SMARTS) is 1. The molecular weight excluding hydrogens is 304 g/mol. The van der Waals surface area contributed by atoms with E-state index < -0.39 is 28.8 Å². The van der Waals surface area contributed by atoms with Gasteiger partial charge in [-0.05, 0) is 44.9 Å². The predicted molar refractivity (Wildman–Crippen MR) is 81.8 cm³/mol. The summed E-state index contributed by atoms with van der Waals surface area (Å²) in [4.78, 5) is 23.5. The molecule has 0 aliphatic heterocycles. The second-order valence-electron chi connectivity index (χ2n) is 7.06. The monoisotopic (exact) mass is 325 g/mol. The van der Waals surface area contributed by atoms with E-state index in [4.69, 9.17) is 0 Å². The Morgan fingerprint density at radius 2 is 1.74 bits per heavy atom. The Morgan fingerprint density at radius 3 is 2.17 bits per heavy atom. The van der Waals surface area contributed by atoms with Crippen LogP contribution in [0.15, 0.2) is 24.3 Å². The van der Waals surface area contributed by atoms with Crippen LogP contribution in [0.3, 0.4) is 0 Å². The van der Waals surface area contributed by atoms with Crippen molar-refractivity contribution in [2.45, 2.75) is 56.9 Å². The first-order chi connectivity index (χ1) is 10.5. The van der Waals surface area contributed by atoms with Gasteiger partial charge in [-0.1, -0.05) is 12.1 Å². The van der Waals surface area contributed by atoms with Gasteiger partial charge in [0.2, 0.25) is 0 Å². The van der Waals surface area contributed by atoms with Crippen molar-refractivity contribution in [3.63, 3.8) is 0 Å². The van der Waals surface area contributed by atoms with Crippen molar-refractivity contribution in [1.82, 2.24) is 5.32 Å². The minimum absolute atomic E-state index is 0.227. The van der Waals surface area contributed by atoms with Crippen molar-refractivity contribution in [2.24, 2.45) is 0 Å². The molecule has 2 N–H and O–H groups in total. The van der Waals surface area contributed by atoms with E-state index in [1.165, 1.54) is 12.1 Å². The van der Waals surface area contributed by atoms with Gasteiger partial charge in [0.05, 0.1) is 5.41 Å². The van der Waals surface area contributed by atoms with Gasteiger partial charge in [0.15, 0.2) is 0 Å². The molecule has 0 bridgehead atoms. The minimum Gasteiger partial charge on any atom is -0.481 e. The third-order valence-electron chi connectivity index (χ3n) is 4.51. The normalized spacial score (nSPS) is 23.5. The van der Waals surface area contributed by atoms with E-state index in [0.29, 0.717) is 11.1 Å². The summed E-state index contributed by atoms with van der Waals surface area (Å²) >= 11 is 0. The summed E-state index contributed by atoms with van der Waals surface area (Å²) in [5.74, 6) is -4.13. The van der Waals surface area contributed by atoms with Crippen molar-refractivity contribution in [3.05, 3.63) is 35.4 Å². The average Bonchev–Trinajstić information content (AvgIpc) is 2.72. The first-order valence-electron chi connectivity index (χ1n) is 7.50. The third kappa shape index (κ3) is 3.68. The Labute approximate surface area is 133 Å². The molecule has 0 aromatic heterocycles. The lowest BCUT2D eigenvalue weighted by atomic mass is 9.84. The van der Waals surface area contributed by atoms with Gasteiger partial charge in [-0.3, -0.25) is 9.59 Å². The number of hydrogen-bond donors (Lipinski definition) is 2. The second kappa shape index (κ2) is 5.58. The number of alkyl halides is 2. The number of hydrogen-bond acceptors (Lipinski definition) is 2. The lowest BCUT2D eigenvalue weighted by molar-refractivity contribution is -0.142. The molecule has 1 aromatic carbocycles. The number of nitrogens with one attached hydrogen (secondary N) is 1. The molecular formula is C17H21F2NO3. The second-order valence-corrected chi connectivity index (χ2v) is 7.06. The molecule has 1 amide bonds. The lowest BCUT2D eigenvalue weighted by Gasteiger charge is -2.26. The van der Waals surface area contributed by atoms with Crippen LogP contribution in [-0.4, -0.2) is 28.4 Å². The van der Waals surface area contributed by atoms with E-state index in [1.807, 2.05) is 0 Å². The van der Waals surface area contributed by atoms with Crippen LogP contribution in [0.1, 0.15) is 56.0 Å². The smallest absolute Gasteiger partial charge is 0.313 e. The summed E-state index contributed by atoms with van der Waals surface area (Å²) in [6.07, 6.45) is -0.360. The minimum atomic E-state index is -2.74. The number of aliphatic carboxylic acids is 1. The van der Waals surface area contributed by atoms with Gasteiger partial charge >= 0.3 is 5.97 Å². The van der Waals surface area contributed by atoms with Crippen molar-refractivity contribution in [2.75, 3.05) is 0 Å². The molecule has 1 atom stereocenters. The van der Waals surface area contributed by atoms with Gasteiger partial charge in [0.1, 0.15) is 0 Å². The molecule has 4 nitrogen and oxygen atoms in total. The fourth-order valence-corrected chi connectivity index (χ4v) is 2.82. The molecule has 2 rings (SSSR count). The SMILES string of the molecule is CC1(NC(=O)c2ccc(C(C)(C)C(=O)O)cc2)CCC(F)(F)C1. The zero-order chi connectivity index (χ0) is 17.5. The highest BCUT2D eigenvalue weighted by Gasteiger charge is 2.47. The van der Waals surface area contributed by atoms with Gasteiger partial charge in [-0.15, -0.1) is 0 Å². The maximum Gasteiger partial charge on any atom is 0.313 e. The Hall–Kier alpha value is -1.98. The molecule has 1 aliphatic carbocycles. The molecule has 126 valence electrons. The van der Waals surface area contributed by atoms with E-state index in [-0.39, 0.29) is 19.3 Å². The zero-order valence-electron chi connectivity index (χ0n) is 13.5. The van der Waals surface area contributed by atoms with Crippen LogP contribution in [0, 0.1) is 0 Å². The first-order valence-corrected chi connectivity index (χ1v) is 7.50. The summed E-state index contributed by atoms with van der Waals surface area (Å²) in [7, 11) is 0. The van der Waals surface area contributed by atoms with Gasteiger partial charge in [0, 0.05) is 23.9 Å². The van der Waals surface area contributed by atoms with Crippen LogP contribution in [0.25, 0.3) is 0 Å². The summed E-state index contributed by atoms with van der Waals surface area (Å²) in [5.41, 5.74) is -1.08. The van der Waals surface area contributed by atoms with Crippen LogP contribution in [0.5, 0.6) is 0 Å². The number of rotatable bonds is 4. The zero-order valence-corrected chi connectivity index (χ0v) is 13.5. The first kappa shape index (κ1) is 17.4. The maximum absolute atomic E-state index is 13.3. The highest BCUT2D eigenvalue weighted by Crippen LogP contribution is 2.41. The van der Waals surface area contributed by atoms with E-state index >= 15 is 0 Å². The highest BCUT2D eigenvalue weighted by molar-refractivity contribution is 5.95. The maximum atomic E-state index is 13.3. The Morgan fingerprint density at radius 1 is 1.17 bits per heavy atom. The average molecular weight is 325 g/mol. The van der Waals surface area contributed by atoms with Crippen molar-refractivity contribution in [3.8, 4) is 0 Å². The quantitative estimate of drug-likeness (QED) is 0.892. The van der Waals surface area contributed by atoms with E-state index in [0.717, 1.165) is 0 Å². The number of carbonyl (C=O) groups is 2. The highest BCUT2D eigenvalue weighted by atomic mass is 19.3. The van der Waals surface area contributed by atoms with Crippen LogP contribution in [0.2, 0.25) is 0 Å². The fourth-order valence-electron chi connectivity index (χ4n) is 2.82. The molecule has 6 heteroatoms. The van der Waals surface area contributed by atoms with Crippen LogP contribution < -0.4 is 5.32 Å². The van der Waals surface area contributed by atoms with Gasteiger partial charge in [-0.25, -0.2) is 8.78 Å². The molecule has 0 spiro atoms. The Bertz CT molecular complexity index is 625. The van der Waals surface area contributed by atoms with E-state index in [9.17, 15) is 23.5 Å². The van der Waals surface area contributed by atoms with Gasteiger partial charge < -0.3 is 10.4 Å². The van der Waals surface area contributed by atoms with E-state index in [2.05, 4.69) is 5.32 Å². The Kier molecular flexibility index (Phi) is 4.22. The molecule has 23 heavy (non-hydrogen) atoms. The topological polar surface area (TPSA) is 66.4 Å². The predicted octanol–water partition coefficient (Wildman–Crippen LogP) is 3.36. The van der Waals surface area contributed by atoms with Crippen LogP contribution >= 0.6 is 0 Å². The lowest BCUT2D eigenvalue weighted by Crippen LogP contribution is -2.44. The molecule has 1 aromatic rings.